The van der Waals surface area contributed by atoms with Gasteiger partial charge in [0.25, 0.3) is 0 Å². The number of nitrogens with one attached hydrogen (secondary N) is 1. The molecule has 23 heavy (non-hydrogen) atoms. The molecule has 5 heteroatoms. The first-order chi connectivity index (χ1) is 11.1. The fraction of sp³-hybridized carbons (Fsp3) is 0.333. The van der Waals surface area contributed by atoms with Crippen molar-refractivity contribution in [2.24, 2.45) is 5.92 Å². The van der Waals surface area contributed by atoms with Gasteiger partial charge in [-0.05, 0) is 42.5 Å². The summed E-state index contributed by atoms with van der Waals surface area (Å²) in [5.41, 5.74) is 1.64. The third-order valence-corrected chi connectivity index (χ3v) is 4.62. The molecule has 120 valence electrons. The van der Waals surface area contributed by atoms with Gasteiger partial charge in [0.2, 0.25) is 5.91 Å². The summed E-state index contributed by atoms with van der Waals surface area (Å²) >= 11 is 6.12. The number of halogens is 1. The first-order valence-corrected chi connectivity index (χ1v) is 8.13. The zero-order valence-corrected chi connectivity index (χ0v) is 13.4. The van der Waals surface area contributed by atoms with Gasteiger partial charge < -0.3 is 10.4 Å². The van der Waals surface area contributed by atoms with Gasteiger partial charge in [-0.15, -0.1) is 0 Å². The van der Waals surface area contributed by atoms with Gasteiger partial charge >= 0.3 is 0 Å². The molecule has 1 aromatic heterocycles. The number of rotatable bonds is 5. The average molecular weight is 331 g/mol. The Labute approximate surface area is 140 Å². The Kier molecular flexibility index (Phi) is 4.94. The summed E-state index contributed by atoms with van der Waals surface area (Å²) in [5.74, 6) is 0.130. The normalized spacial score (nSPS) is 21.3. The van der Waals surface area contributed by atoms with E-state index in [1.807, 2.05) is 36.4 Å². The van der Waals surface area contributed by atoms with E-state index in [9.17, 15) is 9.90 Å². The van der Waals surface area contributed by atoms with Crippen LogP contribution in [0, 0.1) is 5.92 Å². The quantitative estimate of drug-likeness (QED) is 0.886. The van der Waals surface area contributed by atoms with Gasteiger partial charge in [0.05, 0.1) is 24.3 Å². The van der Waals surface area contributed by atoms with Crippen molar-refractivity contribution in [1.82, 2.24) is 10.3 Å². The van der Waals surface area contributed by atoms with Gasteiger partial charge in [0.15, 0.2) is 0 Å². The highest BCUT2D eigenvalue weighted by Crippen LogP contribution is 2.37. The molecule has 1 heterocycles. The zero-order chi connectivity index (χ0) is 16.2. The Morgan fingerprint density at radius 3 is 2.65 bits per heavy atom. The minimum atomic E-state index is -0.272. The second-order valence-corrected chi connectivity index (χ2v) is 6.36. The Morgan fingerprint density at radius 1 is 1.26 bits per heavy atom. The number of carbonyl (C=O) groups excluding carboxylic acids is 1. The van der Waals surface area contributed by atoms with Gasteiger partial charge in [-0.2, -0.15) is 0 Å². The minimum Gasteiger partial charge on any atom is -0.393 e. The second kappa shape index (κ2) is 7.11. The van der Waals surface area contributed by atoms with E-state index in [0.29, 0.717) is 17.9 Å². The number of benzene rings is 1. The fourth-order valence-corrected chi connectivity index (χ4v) is 3.14. The molecule has 0 radical (unpaired) electrons. The Morgan fingerprint density at radius 2 is 2.00 bits per heavy atom. The lowest BCUT2D eigenvalue weighted by Crippen LogP contribution is -2.42. The number of aliphatic hydroxyl groups is 1. The van der Waals surface area contributed by atoms with Crippen LogP contribution in [0.3, 0.4) is 0 Å². The molecule has 0 unspecified atom stereocenters. The minimum absolute atomic E-state index is 0.0878. The van der Waals surface area contributed by atoms with Crippen LogP contribution < -0.4 is 5.32 Å². The van der Waals surface area contributed by atoms with Crippen molar-refractivity contribution in [2.75, 3.05) is 0 Å². The molecule has 1 atom stereocenters. The van der Waals surface area contributed by atoms with Gasteiger partial charge in [-0.25, -0.2) is 0 Å². The van der Waals surface area contributed by atoms with Crippen LogP contribution in [-0.4, -0.2) is 22.1 Å². The van der Waals surface area contributed by atoms with E-state index in [-0.39, 0.29) is 30.4 Å². The summed E-state index contributed by atoms with van der Waals surface area (Å²) in [6, 6.07) is 12.8. The van der Waals surface area contributed by atoms with Crippen LogP contribution in [-0.2, 0) is 11.2 Å². The zero-order valence-electron chi connectivity index (χ0n) is 12.7. The third-order valence-electron chi connectivity index (χ3n) is 4.25. The van der Waals surface area contributed by atoms with Gasteiger partial charge in [-0.1, -0.05) is 35.9 Å². The van der Waals surface area contributed by atoms with Crippen LogP contribution in [0.25, 0.3) is 0 Å². The fourth-order valence-electron chi connectivity index (χ4n) is 2.93. The summed E-state index contributed by atoms with van der Waals surface area (Å²) in [5, 5.41) is 13.2. The molecule has 1 amide bonds. The van der Waals surface area contributed by atoms with Crippen molar-refractivity contribution in [3.8, 4) is 0 Å². The molecule has 1 saturated carbocycles. The molecule has 0 aliphatic heterocycles. The van der Waals surface area contributed by atoms with Crippen molar-refractivity contribution in [2.45, 2.75) is 31.4 Å². The summed E-state index contributed by atoms with van der Waals surface area (Å²) < 4.78 is 0. The van der Waals surface area contributed by atoms with Gasteiger partial charge in [0, 0.05) is 11.2 Å². The summed E-state index contributed by atoms with van der Waals surface area (Å²) in [7, 11) is 0. The highest BCUT2D eigenvalue weighted by Gasteiger charge is 2.36. The van der Waals surface area contributed by atoms with Crippen LogP contribution in [0.15, 0.2) is 48.7 Å². The van der Waals surface area contributed by atoms with E-state index >= 15 is 0 Å². The van der Waals surface area contributed by atoms with Crippen molar-refractivity contribution in [3.63, 3.8) is 0 Å². The maximum Gasteiger partial charge on any atom is 0.225 e. The van der Waals surface area contributed by atoms with Crippen LogP contribution in [0.1, 0.15) is 30.1 Å². The number of nitrogens with zero attached hydrogens (tertiary/aromatic N) is 1. The Balaban J connectivity index is 1.71. The molecule has 3 rings (SSSR count). The molecule has 1 aliphatic rings. The van der Waals surface area contributed by atoms with Crippen LogP contribution in [0.2, 0.25) is 5.02 Å². The summed E-state index contributed by atoms with van der Waals surface area (Å²) in [6.45, 7) is 0. The average Bonchev–Trinajstić information content (AvgIpc) is 2.53. The molecular formula is C18H19ClN2O2. The Bertz CT molecular complexity index is 672. The molecule has 4 nitrogen and oxygen atoms in total. The van der Waals surface area contributed by atoms with E-state index in [1.165, 1.54) is 0 Å². The number of aliphatic hydroxyl groups excluding tert-OH is 1. The number of pyridine rings is 1. The number of carbonyl (C=O) groups is 1. The van der Waals surface area contributed by atoms with Crippen molar-refractivity contribution in [3.05, 3.63) is 64.9 Å². The largest absolute Gasteiger partial charge is 0.393 e. The first-order valence-electron chi connectivity index (χ1n) is 7.75. The second-order valence-electron chi connectivity index (χ2n) is 5.95. The predicted molar refractivity (Wildman–Crippen MR) is 89.0 cm³/mol. The molecule has 2 N–H and O–H groups in total. The molecule has 0 bridgehead atoms. The first kappa shape index (κ1) is 16.0. The number of hydrogen-bond acceptors (Lipinski definition) is 3. The van der Waals surface area contributed by atoms with Crippen molar-refractivity contribution < 1.29 is 9.90 Å². The van der Waals surface area contributed by atoms with Gasteiger partial charge in [-0.3, -0.25) is 9.78 Å². The van der Waals surface area contributed by atoms with Gasteiger partial charge in [0.1, 0.15) is 0 Å². The van der Waals surface area contributed by atoms with Crippen LogP contribution in [0.5, 0.6) is 0 Å². The Hall–Kier alpha value is -1.91. The molecular weight excluding hydrogens is 312 g/mol. The van der Waals surface area contributed by atoms with Crippen molar-refractivity contribution in [1.29, 1.82) is 0 Å². The summed E-state index contributed by atoms with van der Waals surface area (Å²) in [6.07, 6.45) is 3.06. The summed E-state index contributed by atoms with van der Waals surface area (Å²) in [4.78, 5) is 16.8. The van der Waals surface area contributed by atoms with Crippen LogP contribution in [0.4, 0.5) is 0 Å². The topological polar surface area (TPSA) is 62.2 Å². The van der Waals surface area contributed by atoms with E-state index in [1.54, 1.807) is 12.3 Å². The van der Waals surface area contributed by atoms with E-state index in [2.05, 4.69) is 10.3 Å². The number of aromatic nitrogens is 1. The maximum absolute atomic E-state index is 12.4. The molecule has 1 aromatic carbocycles. The van der Waals surface area contributed by atoms with Crippen LogP contribution >= 0.6 is 11.6 Å². The smallest absolute Gasteiger partial charge is 0.225 e. The molecule has 0 spiro atoms. The molecule has 1 aliphatic carbocycles. The third kappa shape index (κ3) is 3.89. The highest BCUT2D eigenvalue weighted by atomic mass is 35.5. The lowest BCUT2D eigenvalue weighted by Gasteiger charge is -2.37. The number of amides is 1. The standard InChI is InChI=1S/C18H19ClN2O2/c19-15-6-2-1-5-12(15)11-17(23)21-18(13-9-14(22)10-13)16-7-3-4-8-20-16/h1-8,13-14,18,22H,9-11H2,(H,21,23)/t13?,14?,18-/m0/s1. The van der Waals surface area contributed by atoms with E-state index in [0.717, 1.165) is 11.3 Å². The lowest BCUT2D eigenvalue weighted by molar-refractivity contribution is -0.122. The maximum atomic E-state index is 12.4. The molecule has 1 fully saturated rings. The van der Waals surface area contributed by atoms with E-state index < -0.39 is 0 Å². The monoisotopic (exact) mass is 330 g/mol. The SMILES string of the molecule is O=C(Cc1ccccc1Cl)N[C@H](c1ccccn1)C1CC(O)C1. The molecule has 2 aromatic rings. The highest BCUT2D eigenvalue weighted by molar-refractivity contribution is 6.31. The van der Waals surface area contributed by atoms with E-state index in [4.69, 9.17) is 11.6 Å². The predicted octanol–water partition coefficient (Wildman–Crippen LogP) is 2.91. The molecule has 0 saturated heterocycles. The number of hydrogen-bond donors (Lipinski definition) is 2. The van der Waals surface area contributed by atoms with Crippen molar-refractivity contribution >= 4 is 17.5 Å². The lowest BCUT2D eigenvalue weighted by atomic mass is 9.76.